The molecule has 0 radical (unpaired) electrons. The predicted octanol–water partition coefficient (Wildman–Crippen LogP) is 0.347. The molecule has 0 aromatic carbocycles. The number of hydrogen-bond donors (Lipinski definition) is 2. The van der Waals surface area contributed by atoms with Gasteiger partial charge < -0.3 is 15.8 Å². The SMILES string of the molecule is COC(=O)CCCNC(=O)c1ncccc1N. The number of nitrogens with two attached hydrogens (primary N) is 1. The number of aromatic nitrogens is 1. The fraction of sp³-hybridized carbons (Fsp3) is 0.364. The van der Waals surface area contributed by atoms with Gasteiger partial charge in [-0.15, -0.1) is 0 Å². The smallest absolute Gasteiger partial charge is 0.305 e. The van der Waals surface area contributed by atoms with E-state index in [0.29, 0.717) is 18.7 Å². The first kappa shape index (κ1) is 13.0. The molecule has 0 aliphatic heterocycles. The van der Waals surface area contributed by atoms with Crippen LogP contribution >= 0.6 is 0 Å². The Morgan fingerprint density at radius 2 is 2.29 bits per heavy atom. The summed E-state index contributed by atoms with van der Waals surface area (Å²) in [6.07, 6.45) is 2.29. The van der Waals surface area contributed by atoms with Crippen molar-refractivity contribution in [2.45, 2.75) is 12.8 Å². The number of esters is 1. The van der Waals surface area contributed by atoms with Crippen molar-refractivity contribution in [3.8, 4) is 0 Å². The summed E-state index contributed by atoms with van der Waals surface area (Å²) in [5.74, 6) is -0.635. The third kappa shape index (κ3) is 4.10. The van der Waals surface area contributed by atoms with E-state index >= 15 is 0 Å². The molecule has 1 aromatic heterocycles. The number of hydrogen-bond acceptors (Lipinski definition) is 5. The fourth-order valence-electron chi connectivity index (χ4n) is 1.23. The second-order valence-electron chi connectivity index (χ2n) is 3.38. The molecule has 92 valence electrons. The second kappa shape index (κ2) is 6.47. The summed E-state index contributed by atoms with van der Waals surface area (Å²) in [7, 11) is 1.33. The monoisotopic (exact) mass is 237 g/mol. The molecule has 0 atom stereocenters. The van der Waals surface area contributed by atoms with Gasteiger partial charge in [0.25, 0.3) is 5.91 Å². The molecule has 1 amide bonds. The highest BCUT2D eigenvalue weighted by atomic mass is 16.5. The van der Waals surface area contributed by atoms with Crippen molar-refractivity contribution in [2.24, 2.45) is 0 Å². The van der Waals surface area contributed by atoms with Gasteiger partial charge in [0.1, 0.15) is 0 Å². The Hall–Kier alpha value is -2.11. The van der Waals surface area contributed by atoms with Gasteiger partial charge in [-0.1, -0.05) is 0 Å². The lowest BCUT2D eigenvalue weighted by Gasteiger charge is -2.05. The standard InChI is InChI=1S/C11H15N3O3/c1-17-9(15)5-3-7-14-11(16)10-8(12)4-2-6-13-10/h2,4,6H,3,5,7,12H2,1H3,(H,14,16). The van der Waals surface area contributed by atoms with Crippen molar-refractivity contribution in [1.82, 2.24) is 10.3 Å². The predicted molar refractivity (Wildman–Crippen MR) is 62.2 cm³/mol. The van der Waals surface area contributed by atoms with Crippen LogP contribution in [-0.4, -0.2) is 30.5 Å². The number of nitrogens with zero attached hydrogens (tertiary/aromatic N) is 1. The maximum Gasteiger partial charge on any atom is 0.305 e. The van der Waals surface area contributed by atoms with Crippen molar-refractivity contribution in [3.05, 3.63) is 24.0 Å². The zero-order valence-corrected chi connectivity index (χ0v) is 9.60. The number of anilines is 1. The lowest BCUT2D eigenvalue weighted by atomic mass is 10.2. The van der Waals surface area contributed by atoms with Gasteiger partial charge in [0.15, 0.2) is 5.69 Å². The van der Waals surface area contributed by atoms with E-state index in [-0.39, 0.29) is 24.0 Å². The maximum atomic E-state index is 11.6. The van der Waals surface area contributed by atoms with Crippen LogP contribution in [0.1, 0.15) is 23.3 Å². The molecule has 17 heavy (non-hydrogen) atoms. The summed E-state index contributed by atoms with van der Waals surface area (Å²) < 4.78 is 4.48. The Morgan fingerprint density at radius 3 is 2.94 bits per heavy atom. The van der Waals surface area contributed by atoms with Crippen LogP contribution in [0, 0.1) is 0 Å². The molecule has 1 rings (SSSR count). The Balaban J connectivity index is 2.36. The molecule has 0 fully saturated rings. The zero-order valence-electron chi connectivity index (χ0n) is 9.60. The zero-order chi connectivity index (χ0) is 12.7. The Kier molecular flexibility index (Phi) is 4.93. The number of amides is 1. The number of nitrogens with one attached hydrogen (secondary N) is 1. The quantitative estimate of drug-likeness (QED) is 0.569. The van der Waals surface area contributed by atoms with Gasteiger partial charge in [-0.3, -0.25) is 9.59 Å². The van der Waals surface area contributed by atoms with E-state index in [0.717, 1.165) is 0 Å². The highest BCUT2D eigenvalue weighted by molar-refractivity contribution is 5.96. The Bertz CT molecular complexity index is 407. The van der Waals surface area contributed by atoms with Crippen LogP contribution in [0.2, 0.25) is 0 Å². The van der Waals surface area contributed by atoms with E-state index in [1.165, 1.54) is 13.3 Å². The maximum absolute atomic E-state index is 11.6. The van der Waals surface area contributed by atoms with Crippen molar-refractivity contribution in [3.63, 3.8) is 0 Å². The number of carbonyl (C=O) groups excluding carboxylic acids is 2. The lowest BCUT2D eigenvalue weighted by molar-refractivity contribution is -0.140. The van der Waals surface area contributed by atoms with Crippen LogP contribution in [0.3, 0.4) is 0 Å². The number of methoxy groups -OCH3 is 1. The van der Waals surface area contributed by atoms with E-state index in [1.54, 1.807) is 12.1 Å². The topological polar surface area (TPSA) is 94.3 Å². The third-order valence-electron chi connectivity index (χ3n) is 2.12. The molecule has 0 aliphatic rings. The molecule has 0 bridgehead atoms. The molecule has 1 heterocycles. The summed E-state index contributed by atoms with van der Waals surface area (Å²) in [6.45, 7) is 0.379. The van der Waals surface area contributed by atoms with Crippen LogP contribution in [0.5, 0.6) is 0 Å². The molecule has 6 heteroatoms. The number of pyridine rings is 1. The van der Waals surface area contributed by atoms with Gasteiger partial charge in [-0.05, 0) is 18.6 Å². The molecular formula is C11H15N3O3. The molecule has 0 saturated heterocycles. The second-order valence-corrected chi connectivity index (χ2v) is 3.38. The van der Waals surface area contributed by atoms with E-state index < -0.39 is 0 Å². The lowest BCUT2D eigenvalue weighted by Crippen LogP contribution is -2.26. The number of carbonyl (C=O) groups is 2. The first-order chi connectivity index (χ1) is 8.15. The van der Waals surface area contributed by atoms with E-state index in [4.69, 9.17) is 5.73 Å². The van der Waals surface area contributed by atoms with Crippen molar-refractivity contribution < 1.29 is 14.3 Å². The molecule has 0 saturated carbocycles. The number of ether oxygens (including phenoxy) is 1. The van der Waals surface area contributed by atoms with Gasteiger partial charge in [-0.25, -0.2) is 4.98 Å². The van der Waals surface area contributed by atoms with Crippen LogP contribution in [-0.2, 0) is 9.53 Å². The summed E-state index contributed by atoms with van der Waals surface area (Å²) in [5, 5.41) is 2.63. The van der Waals surface area contributed by atoms with Crippen LogP contribution < -0.4 is 11.1 Å². The van der Waals surface area contributed by atoms with Crippen LogP contribution in [0.15, 0.2) is 18.3 Å². The summed E-state index contributed by atoms with van der Waals surface area (Å²) in [6, 6.07) is 3.26. The Labute approximate surface area is 99.2 Å². The minimum Gasteiger partial charge on any atom is -0.469 e. The molecule has 1 aromatic rings. The molecule has 6 nitrogen and oxygen atoms in total. The number of nitrogen functional groups attached to an aromatic ring is 1. The van der Waals surface area contributed by atoms with Gasteiger partial charge >= 0.3 is 5.97 Å². The molecule has 3 N–H and O–H groups in total. The van der Waals surface area contributed by atoms with Gasteiger partial charge in [0, 0.05) is 19.2 Å². The van der Waals surface area contributed by atoms with Crippen LogP contribution in [0.25, 0.3) is 0 Å². The highest BCUT2D eigenvalue weighted by Gasteiger charge is 2.09. The van der Waals surface area contributed by atoms with Crippen LogP contribution in [0.4, 0.5) is 5.69 Å². The summed E-state index contributed by atoms with van der Waals surface area (Å²) in [4.78, 5) is 26.3. The van der Waals surface area contributed by atoms with Gasteiger partial charge in [-0.2, -0.15) is 0 Å². The average molecular weight is 237 g/mol. The molecule has 0 spiro atoms. The summed E-state index contributed by atoms with van der Waals surface area (Å²) >= 11 is 0. The fourth-order valence-corrected chi connectivity index (χ4v) is 1.23. The molecular weight excluding hydrogens is 222 g/mol. The van der Waals surface area contributed by atoms with Crippen molar-refractivity contribution in [1.29, 1.82) is 0 Å². The average Bonchev–Trinajstić information content (AvgIpc) is 2.34. The third-order valence-corrected chi connectivity index (χ3v) is 2.12. The van der Waals surface area contributed by atoms with Gasteiger partial charge in [0.05, 0.1) is 12.8 Å². The minimum atomic E-state index is -0.340. The van der Waals surface area contributed by atoms with Gasteiger partial charge in [0.2, 0.25) is 0 Å². The van der Waals surface area contributed by atoms with E-state index in [9.17, 15) is 9.59 Å². The van der Waals surface area contributed by atoms with E-state index in [2.05, 4.69) is 15.0 Å². The normalized spacial score (nSPS) is 9.71. The first-order valence-electron chi connectivity index (χ1n) is 5.20. The largest absolute Gasteiger partial charge is 0.469 e. The summed E-state index contributed by atoms with van der Waals surface area (Å²) in [5.41, 5.74) is 6.13. The molecule has 0 unspecified atom stereocenters. The minimum absolute atomic E-state index is 0.200. The van der Waals surface area contributed by atoms with E-state index in [1.807, 2.05) is 0 Å². The van der Waals surface area contributed by atoms with Crippen molar-refractivity contribution >= 4 is 17.6 Å². The highest BCUT2D eigenvalue weighted by Crippen LogP contribution is 2.06. The molecule has 0 aliphatic carbocycles. The first-order valence-corrected chi connectivity index (χ1v) is 5.20. The Morgan fingerprint density at radius 1 is 1.53 bits per heavy atom. The van der Waals surface area contributed by atoms with Crippen molar-refractivity contribution in [2.75, 3.05) is 19.4 Å². The number of rotatable bonds is 5.